The highest BCUT2D eigenvalue weighted by atomic mass is 79.9. The van der Waals surface area contributed by atoms with E-state index >= 15 is 0 Å². The van der Waals surface area contributed by atoms with Crippen LogP contribution in [0.2, 0.25) is 5.02 Å². The van der Waals surface area contributed by atoms with Crippen LogP contribution >= 0.6 is 39.3 Å². The second-order valence-corrected chi connectivity index (χ2v) is 4.85. The normalized spacial score (nSPS) is 11.6. The van der Waals surface area contributed by atoms with Crippen molar-refractivity contribution in [2.45, 2.75) is 17.9 Å². The molecule has 0 aliphatic carbocycles. The molecule has 0 radical (unpaired) electrons. The van der Waals surface area contributed by atoms with Gasteiger partial charge in [-0.1, -0.05) is 11.6 Å². The third-order valence-corrected chi connectivity index (χ3v) is 3.71. The Morgan fingerprint density at radius 2 is 2.07 bits per heavy atom. The highest BCUT2D eigenvalue weighted by Crippen LogP contribution is 2.40. The quantitative estimate of drug-likeness (QED) is 0.739. The largest absolute Gasteiger partial charge is 0.432 e. The molecule has 0 unspecified atom stereocenters. The first-order valence-electron chi connectivity index (χ1n) is 3.94. The number of benzene rings is 1. The minimum Gasteiger partial charge on any atom is -0.432 e. The van der Waals surface area contributed by atoms with E-state index in [1.807, 2.05) is 0 Å². The number of alkyl halides is 2. The van der Waals surface area contributed by atoms with Crippen molar-refractivity contribution in [3.8, 4) is 5.75 Å². The van der Waals surface area contributed by atoms with Gasteiger partial charge in [-0.25, -0.2) is 0 Å². The summed E-state index contributed by atoms with van der Waals surface area (Å²) < 4.78 is 30.5. The summed E-state index contributed by atoms with van der Waals surface area (Å²) in [5.74, 6) is 0.0863. The molecular weight excluding hydrogens is 310 g/mol. The lowest BCUT2D eigenvalue weighted by molar-refractivity contribution is -0.160. The van der Waals surface area contributed by atoms with Crippen LogP contribution in [-0.2, 0) is 0 Å². The zero-order valence-electron chi connectivity index (χ0n) is 7.98. The average Bonchev–Trinajstić information content (AvgIpc) is 2.10. The summed E-state index contributed by atoms with van der Waals surface area (Å²) in [6, 6.07) is 3.03. The third kappa shape index (κ3) is 3.50. The van der Waals surface area contributed by atoms with Crippen molar-refractivity contribution < 1.29 is 13.5 Å². The lowest BCUT2D eigenvalue weighted by Gasteiger charge is -2.16. The Morgan fingerprint density at radius 3 is 2.53 bits per heavy atom. The zero-order valence-corrected chi connectivity index (χ0v) is 11.1. The predicted octanol–water partition coefficient (Wildman–Crippen LogP) is 4.82. The van der Waals surface area contributed by atoms with Crippen molar-refractivity contribution in [1.82, 2.24) is 0 Å². The maximum atomic E-state index is 12.7. The van der Waals surface area contributed by atoms with Crippen molar-refractivity contribution in [2.24, 2.45) is 0 Å². The second kappa shape index (κ2) is 4.89. The van der Waals surface area contributed by atoms with E-state index in [1.165, 1.54) is 17.8 Å². The summed E-state index contributed by atoms with van der Waals surface area (Å²) >= 11 is 10.4. The van der Waals surface area contributed by atoms with Crippen LogP contribution in [0.5, 0.6) is 5.75 Å². The van der Waals surface area contributed by atoms with E-state index in [4.69, 9.17) is 11.6 Å². The van der Waals surface area contributed by atoms with Gasteiger partial charge in [-0.3, -0.25) is 0 Å². The molecule has 6 heteroatoms. The molecule has 0 bridgehead atoms. The van der Waals surface area contributed by atoms with Gasteiger partial charge in [0.25, 0.3) is 0 Å². The molecule has 84 valence electrons. The number of ether oxygens (including phenoxy) is 1. The van der Waals surface area contributed by atoms with Gasteiger partial charge in [0.15, 0.2) is 0 Å². The van der Waals surface area contributed by atoms with Crippen LogP contribution in [0, 0.1) is 0 Å². The third-order valence-electron chi connectivity index (χ3n) is 1.51. The van der Waals surface area contributed by atoms with E-state index in [2.05, 4.69) is 20.7 Å². The maximum Gasteiger partial charge on any atom is 0.394 e. The van der Waals surface area contributed by atoms with Gasteiger partial charge in [-0.15, -0.1) is 11.8 Å². The Labute approximate surface area is 104 Å². The number of thioether (sulfide) groups is 1. The Hall–Kier alpha value is -0.0000000000000000555. The summed E-state index contributed by atoms with van der Waals surface area (Å²) in [4.78, 5) is 0.493. The molecule has 0 N–H and O–H groups in total. The van der Waals surface area contributed by atoms with Crippen molar-refractivity contribution in [3.05, 3.63) is 21.6 Å². The maximum absolute atomic E-state index is 12.7. The van der Waals surface area contributed by atoms with Crippen molar-refractivity contribution in [3.63, 3.8) is 0 Å². The van der Waals surface area contributed by atoms with Crippen molar-refractivity contribution in [2.75, 3.05) is 6.26 Å². The first-order chi connectivity index (χ1) is 6.85. The molecule has 1 nitrogen and oxygen atoms in total. The smallest absolute Gasteiger partial charge is 0.394 e. The zero-order chi connectivity index (χ0) is 11.6. The van der Waals surface area contributed by atoms with Crippen LogP contribution in [0.4, 0.5) is 8.78 Å². The molecule has 0 saturated carbocycles. The van der Waals surface area contributed by atoms with Gasteiger partial charge in [0, 0.05) is 11.4 Å². The van der Waals surface area contributed by atoms with Gasteiger partial charge in [-0.2, -0.15) is 8.78 Å². The molecule has 0 atom stereocenters. The van der Waals surface area contributed by atoms with Crippen LogP contribution in [0.15, 0.2) is 21.5 Å². The molecule has 1 aromatic rings. The molecule has 1 rings (SSSR count). The number of hydrogen-bond acceptors (Lipinski definition) is 2. The topological polar surface area (TPSA) is 9.23 Å². The fraction of sp³-hybridized carbons (Fsp3) is 0.333. The van der Waals surface area contributed by atoms with E-state index in [-0.39, 0.29) is 5.75 Å². The summed E-state index contributed by atoms with van der Waals surface area (Å²) in [5, 5.41) is 0.379. The van der Waals surface area contributed by atoms with E-state index in [0.29, 0.717) is 21.3 Å². The molecule has 0 amide bonds. The van der Waals surface area contributed by atoms with E-state index in [1.54, 1.807) is 12.3 Å². The van der Waals surface area contributed by atoms with Crippen LogP contribution < -0.4 is 4.74 Å². The molecular formula is C9H8BrClF2OS. The van der Waals surface area contributed by atoms with Crippen molar-refractivity contribution >= 4 is 39.3 Å². The second-order valence-electron chi connectivity index (χ2n) is 2.80. The van der Waals surface area contributed by atoms with Crippen LogP contribution in [-0.4, -0.2) is 12.4 Å². The fourth-order valence-corrected chi connectivity index (χ4v) is 2.43. The van der Waals surface area contributed by atoms with E-state index in [9.17, 15) is 8.78 Å². The van der Waals surface area contributed by atoms with Gasteiger partial charge < -0.3 is 4.74 Å². The van der Waals surface area contributed by atoms with Crippen molar-refractivity contribution in [1.29, 1.82) is 0 Å². The molecule has 0 aliphatic rings. The SMILES string of the molecule is CSc1c(OC(C)(F)F)ccc(Br)c1Cl. The van der Waals surface area contributed by atoms with Crippen LogP contribution in [0.1, 0.15) is 6.92 Å². The Balaban J connectivity index is 3.14. The highest BCUT2D eigenvalue weighted by Gasteiger charge is 2.25. The molecule has 0 aliphatic heterocycles. The van der Waals surface area contributed by atoms with E-state index < -0.39 is 6.11 Å². The molecule has 1 aromatic carbocycles. The van der Waals surface area contributed by atoms with Gasteiger partial charge >= 0.3 is 6.11 Å². The first-order valence-corrected chi connectivity index (χ1v) is 6.33. The standard InChI is InChI=1S/C9H8BrClF2OS/c1-9(12,13)14-6-4-3-5(10)7(11)8(6)15-2/h3-4H,1-2H3. The summed E-state index contributed by atoms with van der Waals surface area (Å²) in [6.07, 6.45) is -1.46. The lowest BCUT2D eigenvalue weighted by atomic mass is 10.3. The molecule has 0 heterocycles. The van der Waals surface area contributed by atoms with Crippen LogP contribution in [0.3, 0.4) is 0 Å². The number of rotatable bonds is 3. The minimum absolute atomic E-state index is 0.0863. The molecule has 0 saturated heterocycles. The Bertz CT molecular complexity index is 368. The van der Waals surface area contributed by atoms with E-state index in [0.717, 1.165) is 0 Å². The Kier molecular flexibility index (Phi) is 4.26. The molecule has 0 fully saturated rings. The fourth-order valence-electron chi connectivity index (χ4n) is 0.978. The van der Waals surface area contributed by atoms with Crippen LogP contribution in [0.25, 0.3) is 0 Å². The summed E-state index contributed by atoms with van der Waals surface area (Å²) in [6.45, 7) is 0.688. The summed E-state index contributed by atoms with van der Waals surface area (Å²) in [5.41, 5.74) is 0. The highest BCUT2D eigenvalue weighted by molar-refractivity contribution is 9.10. The Morgan fingerprint density at radius 1 is 1.47 bits per heavy atom. The minimum atomic E-state index is -3.21. The van der Waals surface area contributed by atoms with Gasteiger partial charge in [0.05, 0.1) is 9.92 Å². The average molecular weight is 318 g/mol. The molecule has 0 aromatic heterocycles. The molecule has 0 spiro atoms. The number of hydrogen-bond donors (Lipinski definition) is 0. The number of halogens is 4. The lowest BCUT2D eigenvalue weighted by Crippen LogP contribution is -2.19. The van der Waals surface area contributed by atoms with Gasteiger partial charge in [0.1, 0.15) is 5.75 Å². The van der Waals surface area contributed by atoms with Gasteiger partial charge in [-0.05, 0) is 34.3 Å². The first kappa shape index (κ1) is 13.1. The monoisotopic (exact) mass is 316 g/mol. The summed E-state index contributed by atoms with van der Waals surface area (Å²) in [7, 11) is 0. The predicted molar refractivity (Wildman–Crippen MR) is 62.2 cm³/mol. The van der Waals surface area contributed by atoms with Gasteiger partial charge in [0.2, 0.25) is 0 Å². The molecule has 15 heavy (non-hydrogen) atoms.